The van der Waals surface area contributed by atoms with E-state index in [2.05, 4.69) is 47.7 Å². The van der Waals surface area contributed by atoms with Crippen molar-refractivity contribution < 1.29 is 13.9 Å². The molecule has 2 aliphatic carbocycles. The molecule has 8 heteroatoms. The van der Waals surface area contributed by atoms with E-state index in [-0.39, 0.29) is 5.41 Å². The number of fused-ring (bicyclic) bond motifs is 2. The van der Waals surface area contributed by atoms with Gasteiger partial charge in [-0.15, -0.1) is 0 Å². The lowest BCUT2D eigenvalue weighted by Crippen LogP contribution is -2.49. The first-order valence-corrected chi connectivity index (χ1v) is 14.1. The first kappa shape index (κ1) is 25.3. The lowest BCUT2D eigenvalue weighted by molar-refractivity contribution is -0.128. The van der Waals surface area contributed by atoms with Gasteiger partial charge in [-0.05, 0) is 81.5 Å². The molecule has 0 N–H and O–H groups in total. The topological polar surface area (TPSA) is 61.8 Å². The van der Waals surface area contributed by atoms with Crippen LogP contribution in [0.5, 0.6) is 6.01 Å². The number of amides is 1. The van der Waals surface area contributed by atoms with Crippen molar-refractivity contribution in [3.63, 3.8) is 0 Å². The Balaban J connectivity index is 1.26. The molecule has 1 aromatic heterocycles. The smallest absolute Gasteiger partial charge is 0.318 e. The molecule has 1 spiro atoms. The number of aromatic nitrogens is 2. The molecule has 2 atom stereocenters. The second-order valence-corrected chi connectivity index (χ2v) is 11.6. The largest absolute Gasteiger partial charge is 0.462 e. The number of hydrogen-bond acceptors (Lipinski definition) is 6. The van der Waals surface area contributed by atoms with Crippen LogP contribution in [0.4, 0.5) is 10.2 Å². The lowest BCUT2D eigenvalue weighted by atomic mass is 9.63. The third-order valence-electron chi connectivity index (χ3n) is 9.28. The molecule has 1 amide bonds. The maximum atomic E-state index is 13.4. The third kappa shape index (κ3) is 4.91. The van der Waals surface area contributed by atoms with Crippen LogP contribution in [0.3, 0.4) is 0 Å². The van der Waals surface area contributed by atoms with E-state index in [4.69, 9.17) is 14.7 Å². The predicted octanol–water partition coefficient (Wildman–Crippen LogP) is 3.75. The number of carbonyl (C=O) groups excluding carboxylic acids is 1. The van der Waals surface area contributed by atoms with Crippen molar-refractivity contribution in [2.24, 2.45) is 5.41 Å². The standard InChI is InChI=1S/C30H38FN5O2/c1-21(31)28(37)36-16-14-35(15-17-36)27-25-10-12-30(11-9-22-6-3-4-7-23(22)18-30)19-26(25)32-29(33-27)38-20-24-8-5-13-34(24)2/h3-4,6-7,24H,1,5,8-20H2,2H3. The molecule has 202 valence electrons. The normalized spacial score (nSPS) is 25.3. The first-order valence-electron chi connectivity index (χ1n) is 14.1. The zero-order valence-corrected chi connectivity index (χ0v) is 22.4. The van der Waals surface area contributed by atoms with Crippen LogP contribution < -0.4 is 9.64 Å². The highest BCUT2D eigenvalue weighted by atomic mass is 19.1. The Morgan fingerprint density at radius 2 is 1.84 bits per heavy atom. The molecule has 0 radical (unpaired) electrons. The van der Waals surface area contributed by atoms with Crippen LogP contribution in [-0.2, 0) is 30.5 Å². The highest BCUT2D eigenvalue weighted by Gasteiger charge is 2.40. The van der Waals surface area contributed by atoms with Gasteiger partial charge < -0.3 is 19.4 Å². The zero-order valence-electron chi connectivity index (χ0n) is 22.4. The van der Waals surface area contributed by atoms with Gasteiger partial charge in [0.1, 0.15) is 12.4 Å². The Bertz CT molecular complexity index is 1230. The molecule has 4 aliphatic rings. The second kappa shape index (κ2) is 10.3. The molecular weight excluding hydrogens is 481 g/mol. The fraction of sp³-hybridized carbons (Fsp3) is 0.567. The summed E-state index contributed by atoms with van der Waals surface area (Å²) in [5.74, 6) is -0.578. The second-order valence-electron chi connectivity index (χ2n) is 11.6. The molecular formula is C30H38FN5O2. The van der Waals surface area contributed by atoms with Gasteiger partial charge in [0.05, 0.1) is 5.69 Å². The summed E-state index contributed by atoms with van der Waals surface area (Å²) < 4.78 is 19.7. The molecule has 0 saturated carbocycles. The fourth-order valence-electron chi connectivity index (χ4n) is 6.94. The summed E-state index contributed by atoms with van der Waals surface area (Å²) >= 11 is 0. The van der Waals surface area contributed by atoms with Crippen LogP contribution in [0, 0.1) is 5.41 Å². The van der Waals surface area contributed by atoms with E-state index in [1.165, 1.54) is 34.4 Å². The summed E-state index contributed by atoms with van der Waals surface area (Å²) in [7, 11) is 2.15. The van der Waals surface area contributed by atoms with Crippen molar-refractivity contribution >= 4 is 11.7 Å². The van der Waals surface area contributed by atoms with Gasteiger partial charge in [-0.25, -0.2) is 4.39 Å². The number of benzene rings is 1. The quantitative estimate of drug-likeness (QED) is 0.561. The van der Waals surface area contributed by atoms with Crippen molar-refractivity contribution in [1.82, 2.24) is 19.8 Å². The molecule has 0 bridgehead atoms. The number of likely N-dealkylation sites (tertiary alicyclic amines) is 1. The summed E-state index contributed by atoms with van der Waals surface area (Å²) in [5, 5.41) is 0. The van der Waals surface area contributed by atoms with E-state index in [1.807, 2.05) is 0 Å². The van der Waals surface area contributed by atoms with Gasteiger partial charge in [-0.3, -0.25) is 4.79 Å². The number of carbonyl (C=O) groups is 1. The van der Waals surface area contributed by atoms with Crippen LogP contribution in [0.15, 0.2) is 36.7 Å². The number of nitrogens with zero attached hydrogens (tertiary/aromatic N) is 5. The maximum Gasteiger partial charge on any atom is 0.318 e. The number of rotatable bonds is 5. The van der Waals surface area contributed by atoms with Gasteiger partial charge in [-0.1, -0.05) is 30.8 Å². The van der Waals surface area contributed by atoms with Gasteiger partial charge in [-0.2, -0.15) is 9.97 Å². The van der Waals surface area contributed by atoms with Gasteiger partial charge in [0.2, 0.25) is 0 Å². The van der Waals surface area contributed by atoms with E-state index in [9.17, 15) is 9.18 Å². The average Bonchev–Trinajstić information content (AvgIpc) is 3.35. The van der Waals surface area contributed by atoms with Crippen molar-refractivity contribution in [2.75, 3.05) is 51.3 Å². The van der Waals surface area contributed by atoms with Crippen LogP contribution >= 0.6 is 0 Å². The number of ether oxygens (including phenoxy) is 1. The minimum Gasteiger partial charge on any atom is -0.462 e. The highest BCUT2D eigenvalue weighted by Crippen LogP contribution is 2.46. The first-order chi connectivity index (χ1) is 18.4. The number of halogens is 1. The number of aryl methyl sites for hydroxylation is 1. The molecule has 2 unspecified atom stereocenters. The number of likely N-dealkylation sites (N-methyl/N-ethyl adjacent to an activating group) is 1. The summed E-state index contributed by atoms with van der Waals surface area (Å²) in [4.78, 5) is 28.2. The Kier molecular flexibility index (Phi) is 6.84. The molecule has 2 aliphatic heterocycles. The molecule has 38 heavy (non-hydrogen) atoms. The van der Waals surface area contributed by atoms with E-state index in [0.717, 1.165) is 56.6 Å². The van der Waals surface area contributed by atoms with Crippen LogP contribution in [0.2, 0.25) is 0 Å². The molecule has 2 fully saturated rings. The number of piperazine rings is 1. The summed E-state index contributed by atoms with van der Waals surface area (Å²) in [6.07, 6.45) is 8.73. The Hall–Kier alpha value is -3.00. The van der Waals surface area contributed by atoms with Crippen LogP contribution in [0.1, 0.15) is 48.1 Å². The van der Waals surface area contributed by atoms with E-state index in [1.54, 1.807) is 0 Å². The SMILES string of the molecule is C=C(F)C(=O)N1CCN(c2nc(OCC3CCCN3C)nc3c2CCC2(CCc4ccccc4C2)C3)CC1. The van der Waals surface area contributed by atoms with Gasteiger partial charge >= 0.3 is 6.01 Å². The lowest BCUT2D eigenvalue weighted by Gasteiger charge is -2.43. The Morgan fingerprint density at radius 3 is 2.58 bits per heavy atom. The number of anilines is 1. The van der Waals surface area contributed by atoms with Gasteiger partial charge in [0.15, 0.2) is 5.83 Å². The molecule has 2 aromatic rings. The maximum absolute atomic E-state index is 13.4. The summed E-state index contributed by atoms with van der Waals surface area (Å²) in [6.45, 7) is 6.97. The molecule has 1 aromatic carbocycles. The monoisotopic (exact) mass is 519 g/mol. The van der Waals surface area contributed by atoms with Gasteiger partial charge in [0, 0.05) is 37.8 Å². The fourth-order valence-corrected chi connectivity index (χ4v) is 6.94. The van der Waals surface area contributed by atoms with E-state index < -0.39 is 11.7 Å². The van der Waals surface area contributed by atoms with Crippen molar-refractivity contribution in [1.29, 1.82) is 0 Å². The van der Waals surface area contributed by atoms with Crippen molar-refractivity contribution in [3.8, 4) is 6.01 Å². The number of hydrogen-bond donors (Lipinski definition) is 0. The minimum absolute atomic E-state index is 0.225. The predicted molar refractivity (Wildman–Crippen MR) is 145 cm³/mol. The molecule has 6 rings (SSSR count). The minimum atomic E-state index is -0.898. The third-order valence-corrected chi connectivity index (χ3v) is 9.28. The van der Waals surface area contributed by atoms with Gasteiger partial charge in [0.25, 0.3) is 5.91 Å². The molecule has 2 saturated heterocycles. The zero-order chi connectivity index (χ0) is 26.3. The van der Waals surface area contributed by atoms with Crippen molar-refractivity contribution in [2.45, 2.75) is 57.4 Å². The highest BCUT2D eigenvalue weighted by molar-refractivity contribution is 5.90. The van der Waals surface area contributed by atoms with E-state index >= 15 is 0 Å². The Morgan fingerprint density at radius 1 is 1.08 bits per heavy atom. The summed E-state index contributed by atoms with van der Waals surface area (Å²) in [6, 6.07) is 9.72. The Labute approximate surface area is 224 Å². The van der Waals surface area contributed by atoms with Crippen LogP contribution in [-0.4, -0.2) is 78.1 Å². The molecule has 7 nitrogen and oxygen atoms in total. The van der Waals surface area contributed by atoms with Crippen molar-refractivity contribution in [3.05, 3.63) is 59.1 Å². The summed E-state index contributed by atoms with van der Waals surface area (Å²) in [5.41, 5.74) is 5.52. The van der Waals surface area contributed by atoms with E-state index in [0.29, 0.717) is 44.8 Å². The van der Waals surface area contributed by atoms with Crippen LogP contribution in [0.25, 0.3) is 0 Å². The average molecular weight is 520 g/mol. The molecule has 3 heterocycles.